The lowest BCUT2D eigenvalue weighted by atomic mass is 10.2. The first-order chi connectivity index (χ1) is 9.01. The maximum Gasteiger partial charge on any atom is 0.259 e. The highest BCUT2D eigenvalue weighted by Gasteiger charge is 2.17. The van der Waals surface area contributed by atoms with Gasteiger partial charge >= 0.3 is 0 Å². The van der Waals surface area contributed by atoms with Crippen LogP contribution in [-0.2, 0) is 16.6 Å². The molecule has 0 radical (unpaired) electrons. The predicted octanol–water partition coefficient (Wildman–Crippen LogP) is 1.01. The second kappa shape index (κ2) is 7.62. The summed E-state index contributed by atoms with van der Waals surface area (Å²) in [5.74, 6) is 0.714. The fourth-order valence-corrected chi connectivity index (χ4v) is 2.91. The quantitative estimate of drug-likeness (QED) is 0.664. The van der Waals surface area contributed by atoms with E-state index in [2.05, 4.69) is 9.71 Å². The van der Waals surface area contributed by atoms with E-state index in [4.69, 9.17) is 5.73 Å². The maximum absolute atomic E-state index is 12.0. The molecule has 0 aliphatic heterocycles. The molecular weight excluding hydrogens is 264 g/mol. The Morgan fingerprint density at radius 3 is 2.58 bits per heavy atom. The zero-order valence-electron chi connectivity index (χ0n) is 11.7. The Morgan fingerprint density at radius 1 is 1.32 bits per heavy atom. The van der Waals surface area contributed by atoms with Crippen molar-refractivity contribution in [2.45, 2.75) is 51.1 Å². The van der Waals surface area contributed by atoms with E-state index in [1.807, 2.05) is 11.5 Å². The minimum atomic E-state index is -3.47. The lowest BCUT2D eigenvalue weighted by Gasteiger charge is -2.03. The Labute approximate surface area is 115 Å². The first-order valence-electron chi connectivity index (χ1n) is 6.74. The van der Waals surface area contributed by atoms with Crippen LogP contribution in [0.5, 0.6) is 0 Å². The van der Waals surface area contributed by atoms with Crippen molar-refractivity contribution in [1.82, 2.24) is 14.3 Å². The number of sulfonamides is 1. The van der Waals surface area contributed by atoms with Gasteiger partial charge in [0.15, 0.2) is 5.03 Å². The first-order valence-corrected chi connectivity index (χ1v) is 8.23. The minimum absolute atomic E-state index is 0.105. The maximum atomic E-state index is 12.0. The van der Waals surface area contributed by atoms with Crippen molar-refractivity contribution in [2.75, 3.05) is 13.1 Å². The van der Waals surface area contributed by atoms with Crippen molar-refractivity contribution in [3.8, 4) is 0 Å². The Kier molecular flexibility index (Phi) is 6.47. The molecule has 0 spiro atoms. The van der Waals surface area contributed by atoms with Crippen LogP contribution >= 0.6 is 0 Å². The zero-order valence-corrected chi connectivity index (χ0v) is 12.5. The van der Waals surface area contributed by atoms with Gasteiger partial charge in [0, 0.05) is 19.3 Å². The van der Waals surface area contributed by atoms with Crippen LogP contribution in [-0.4, -0.2) is 31.1 Å². The van der Waals surface area contributed by atoms with Crippen LogP contribution in [0.25, 0.3) is 0 Å². The molecular formula is C12H24N4O2S. The highest BCUT2D eigenvalue weighted by atomic mass is 32.2. The molecule has 7 heteroatoms. The van der Waals surface area contributed by atoms with Gasteiger partial charge in [0.25, 0.3) is 10.0 Å². The molecule has 0 fully saturated rings. The SMILES string of the molecule is CCn1cc(S(=O)(=O)NCCCCCCN)nc1C. The summed E-state index contributed by atoms with van der Waals surface area (Å²) in [6.07, 6.45) is 5.43. The second-order valence-corrected chi connectivity index (χ2v) is 6.23. The summed E-state index contributed by atoms with van der Waals surface area (Å²) in [7, 11) is -3.47. The molecule has 0 aromatic carbocycles. The summed E-state index contributed by atoms with van der Waals surface area (Å²) in [4.78, 5) is 4.08. The molecule has 6 nitrogen and oxygen atoms in total. The summed E-state index contributed by atoms with van der Waals surface area (Å²) >= 11 is 0. The highest BCUT2D eigenvalue weighted by Crippen LogP contribution is 2.09. The average Bonchev–Trinajstić information content (AvgIpc) is 2.76. The van der Waals surface area contributed by atoms with E-state index in [-0.39, 0.29) is 5.03 Å². The van der Waals surface area contributed by atoms with Crippen LogP contribution in [0.3, 0.4) is 0 Å². The van der Waals surface area contributed by atoms with Crippen molar-refractivity contribution < 1.29 is 8.42 Å². The molecule has 1 aromatic heterocycles. The molecule has 0 saturated carbocycles. The van der Waals surface area contributed by atoms with Gasteiger partial charge in [-0.3, -0.25) is 0 Å². The third-order valence-corrected chi connectivity index (χ3v) is 4.32. The van der Waals surface area contributed by atoms with Crippen molar-refractivity contribution in [3.05, 3.63) is 12.0 Å². The van der Waals surface area contributed by atoms with Gasteiger partial charge in [0.05, 0.1) is 0 Å². The van der Waals surface area contributed by atoms with Crippen molar-refractivity contribution in [3.63, 3.8) is 0 Å². The summed E-state index contributed by atoms with van der Waals surface area (Å²) in [5.41, 5.74) is 5.40. The Balaban J connectivity index is 2.47. The van der Waals surface area contributed by atoms with Crippen LogP contribution in [0.4, 0.5) is 0 Å². The van der Waals surface area contributed by atoms with Gasteiger partial charge in [-0.25, -0.2) is 18.1 Å². The lowest BCUT2D eigenvalue weighted by Crippen LogP contribution is -2.25. The summed E-state index contributed by atoms with van der Waals surface area (Å²) in [6, 6.07) is 0. The number of rotatable bonds is 9. The molecule has 19 heavy (non-hydrogen) atoms. The van der Waals surface area contributed by atoms with E-state index in [9.17, 15) is 8.42 Å². The van der Waals surface area contributed by atoms with Gasteiger partial charge in [0.2, 0.25) is 0 Å². The second-order valence-electron chi connectivity index (χ2n) is 4.51. The number of aromatic nitrogens is 2. The van der Waals surface area contributed by atoms with Crippen LogP contribution in [0, 0.1) is 6.92 Å². The Morgan fingerprint density at radius 2 is 2.00 bits per heavy atom. The van der Waals surface area contributed by atoms with Crippen LogP contribution in [0.2, 0.25) is 0 Å². The molecule has 0 bridgehead atoms. The van der Waals surface area contributed by atoms with Crippen LogP contribution in [0.15, 0.2) is 11.2 Å². The molecule has 0 amide bonds. The number of nitrogens with two attached hydrogens (primary N) is 1. The summed E-state index contributed by atoms with van der Waals surface area (Å²) in [6.45, 7) is 5.61. The fourth-order valence-electron chi connectivity index (χ4n) is 1.83. The van der Waals surface area contributed by atoms with E-state index in [0.717, 1.165) is 25.7 Å². The Bertz CT molecular complexity index is 482. The monoisotopic (exact) mass is 288 g/mol. The molecule has 1 rings (SSSR count). The normalized spacial score (nSPS) is 11.9. The summed E-state index contributed by atoms with van der Waals surface area (Å²) < 4.78 is 28.4. The van der Waals surface area contributed by atoms with E-state index in [1.165, 1.54) is 0 Å². The smallest absolute Gasteiger partial charge is 0.259 e. The molecule has 0 atom stereocenters. The topological polar surface area (TPSA) is 90.0 Å². The van der Waals surface area contributed by atoms with E-state index >= 15 is 0 Å². The third-order valence-electron chi connectivity index (χ3n) is 2.99. The first kappa shape index (κ1) is 16.1. The Hall–Kier alpha value is -0.920. The standard InChI is InChI=1S/C12H24N4O2S/c1-3-16-10-12(15-11(16)2)19(17,18)14-9-7-5-4-6-8-13/h10,14H,3-9,13H2,1-2H3. The molecule has 0 saturated heterocycles. The molecule has 1 aromatic rings. The zero-order chi connectivity index (χ0) is 14.3. The van der Waals surface area contributed by atoms with E-state index < -0.39 is 10.0 Å². The van der Waals surface area contributed by atoms with E-state index in [0.29, 0.717) is 25.5 Å². The largest absolute Gasteiger partial charge is 0.334 e. The molecule has 0 unspecified atom stereocenters. The van der Waals surface area contributed by atoms with Crippen molar-refractivity contribution in [1.29, 1.82) is 0 Å². The number of aryl methyl sites for hydroxylation is 2. The molecule has 3 N–H and O–H groups in total. The predicted molar refractivity (Wildman–Crippen MR) is 75.3 cm³/mol. The number of unbranched alkanes of at least 4 members (excludes halogenated alkanes) is 3. The number of hydrogen-bond donors (Lipinski definition) is 2. The third kappa shape index (κ3) is 4.93. The molecule has 0 aliphatic carbocycles. The molecule has 110 valence electrons. The van der Waals surface area contributed by atoms with Gasteiger partial charge in [0.1, 0.15) is 5.82 Å². The van der Waals surface area contributed by atoms with Crippen molar-refractivity contribution in [2.24, 2.45) is 5.73 Å². The highest BCUT2D eigenvalue weighted by molar-refractivity contribution is 7.89. The lowest BCUT2D eigenvalue weighted by molar-refractivity contribution is 0.569. The van der Waals surface area contributed by atoms with Gasteiger partial charge in [-0.2, -0.15) is 0 Å². The summed E-state index contributed by atoms with van der Waals surface area (Å²) in [5, 5.41) is 0.105. The average molecular weight is 288 g/mol. The number of nitrogens with zero attached hydrogens (tertiary/aromatic N) is 2. The van der Waals surface area contributed by atoms with Gasteiger partial charge in [-0.15, -0.1) is 0 Å². The van der Waals surface area contributed by atoms with Crippen LogP contribution < -0.4 is 10.5 Å². The number of hydrogen-bond acceptors (Lipinski definition) is 4. The molecule has 1 heterocycles. The number of imidazole rings is 1. The van der Waals surface area contributed by atoms with Crippen LogP contribution in [0.1, 0.15) is 38.4 Å². The number of nitrogens with one attached hydrogen (secondary N) is 1. The van der Waals surface area contributed by atoms with Gasteiger partial charge in [-0.1, -0.05) is 12.8 Å². The molecule has 0 aliphatic rings. The van der Waals surface area contributed by atoms with E-state index in [1.54, 1.807) is 13.1 Å². The van der Waals surface area contributed by atoms with Crippen molar-refractivity contribution >= 4 is 10.0 Å². The van der Waals surface area contributed by atoms with Gasteiger partial charge in [-0.05, 0) is 33.2 Å². The minimum Gasteiger partial charge on any atom is -0.334 e. The fraction of sp³-hybridized carbons (Fsp3) is 0.750. The van der Waals surface area contributed by atoms with Gasteiger partial charge < -0.3 is 10.3 Å².